The van der Waals surface area contributed by atoms with Gasteiger partial charge in [0.25, 0.3) is 0 Å². The molecule has 0 saturated carbocycles. The Bertz CT molecular complexity index is 712. The Balaban J connectivity index is 1.81. The molecule has 2 rings (SSSR count). The summed E-state index contributed by atoms with van der Waals surface area (Å²) in [6.45, 7) is 3.29. The zero-order chi connectivity index (χ0) is 20.7. The van der Waals surface area contributed by atoms with Crippen LogP contribution in [0.3, 0.4) is 0 Å². The molecular weight excluding hydrogens is 364 g/mol. The summed E-state index contributed by atoms with van der Waals surface area (Å²) >= 11 is 0. The first-order chi connectivity index (χ1) is 14.2. The maximum atomic E-state index is 12.2. The predicted molar refractivity (Wildman–Crippen MR) is 117 cm³/mol. The van der Waals surface area contributed by atoms with E-state index in [-0.39, 0.29) is 0 Å². The fourth-order valence-electron chi connectivity index (χ4n) is 3.16. The van der Waals surface area contributed by atoms with Gasteiger partial charge in [-0.3, -0.25) is 0 Å². The van der Waals surface area contributed by atoms with Gasteiger partial charge in [0.15, 0.2) is 0 Å². The standard InChI is InChI=1S/C25H34O4/c1-3-4-5-6-7-8-9-13-18-28-22-16-17-24(23(19-22)25(26)27-2)29-20-21-14-11-10-12-15-21/h10-12,14-17,19H,3-9,13,18,20H2,1-2H3. The van der Waals surface area contributed by atoms with Crippen molar-refractivity contribution in [2.45, 2.75) is 64.9 Å². The minimum Gasteiger partial charge on any atom is -0.494 e. The van der Waals surface area contributed by atoms with E-state index in [1.165, 1.54) is 52.1 Å². The van der Waals surface area contributed by atoms with Crippen LogP contribution in [0.5, 0.6) is 11.5 Å². The van der Waals surface area contributed by atoms with Crippen LogP contribution in [0.4, 0.5) is 0 Å². The lowest BCUT2D eigenvalue weighted by atomic mass is 10.1. The van der Waals surface area contributed by atoms with Crippen molar-refractivity contribution in [2.24, 2.45) is 0 Å². The summed E-state index contributed by atoms with van der Waals surface area (Å²) in [7, 11) is 1.37. The van der Waals surface area contributed by atoms with Crippen molar-refractivity contribution in [3.8, 4) is 11.5 Å². The van der Waals surface area contributed by atoms with Gasteiger partial charge < -0.3 is 14.2 Å². The third kappa shape index (κ3) is 8.59. The number of carbonyl (C=O) groups excluding carboxylic acids is 1. The van der Waals surface area contributed by atoms with Crippen molar-refractivity contribution in [1.82, 2.24) is 0 Å². The smallest absolute Gasteiger partial charge is 0.341 e. The summed E-state index contributed by atoms with van der Waals surface area (Å²) in [5.41, 5.74) is 1.43. The van der Waals surface area contributed by atoms with Crippen molar-refractivity contribution < 1.29 is 19.0 Å². The number of hydrogen-bond acceptors (Lipinski definition) is 4. The molecule has 0 spiro atoms. The van der Waals surface area contributed by atoms with Crippen LogP contribution >= 0.6 is 0 Å². The predicted octanol–water partition coefficient (Wildman–Crippen LogP) is 6.57. The second-order valence-corrected chi connectivity index (χ2v) is 7.25. The molecular formula is C25H34O4. The second-order valence-electron chi connectivity index (χ2n) is 7.25. The minimum absolute atomic E-state index is 0.386. The van der Waals surface area contributed by atoms with Gasteiger partial charge in [0.1, 0.15) is 23.7 Å². The van der Waals surface area contributed by atoms with Gasteiger partial charge in [-0.2, -0.15) is 0 Å². The van der Waals surface area contributed by atoms with E-state index in [4.69, 9.17) is 14.2 Å². The lowest BCUT2D eigenvalue weighted by Gasteiger charge is -2.13. The number of methoxy groups -OCH3 is 1. The number of hydrogen-bond donors (Lipinski definition) is 0. The Hall–Kier alpha value is -2.49. The molecule has 0 fully saturated rings. The van der Waals surface area contributed by atoms with E-state index < -0.39 is 5.97 Å². The molecule has 0 unspecified atom stereocenters. The molecule has 4 nitrogen and oxygen atoms in total. The van der Waals surface area contributed by atoms with Gasteiger partial charge in [0.2, 0.25) is 0 Å². The molecule has 4 heteroatoms. The summed E-state index contributed by atoms with van der Waals surface area (Å²) in [4.78, 5) is 12.2. The number of unbranched alkanes of at least 4 members (excludes halogenated alkanes) is 7. The summed E-state index contributed by atoms with van der Waals surface area (Å²) in [5.74, 6) is 0.742. The van der Waals surface area contributed by atoms with E-state index in [0.717, 1.165) is 12.0 Å². The van der Waals surface area contributed by atoms with Crippen molar-refractivity contribution in [3.05, 3.63) is 59.7 Å². The molecule has 0 atom stereocenters. The summed E-state index contributed by atoms with van der Waals surface area (Å²) in [6.07, 6.45) is 10.1. The molecule has 0 amide bonds. The first-order valence-electron chi connectivity index (χ1n) is 10.8. The zero-order valence-electron chi connectivity index (χ0n) is 17.8. The van der Waals surface area contributed by atoms with Crippen LogP contribution in [0.15, 0.2) is 48.5 Å². The Morgan fingerprint density at radius 2 is 1.52 bits per heavy atom. The van der Waals surface area contributed by atoms with Crippen molar-refractivity contribution >= 4 is 5.97 Å². The van der Waals surface area contributed by atoms with E-state index >= 15 is 0 Å². The number of carbonyl (C=O) groups is 1. The lowest BCUT2D eigenvalue weighted by molar-refractivity contribution is 0.0595. The quantitative estimate of drug-likeness (QED) is 0.267. The van der Waals surface area contributed by atoms with E-state index in [0.29, 0.717) is 30.3 Å². The van der Waals surface area contributed by atoms with Gasteiger partial charge in [-0.25, -0.2) is 4.79 Å². The van der Waals surface area contributed by atoms with E-state index in [2.05, 4.69) is 6.92 Å². The number of rotatable bonds is 14. The average molecular weight is 399 g/mol. The van der Waals surface area contributed by atoms with Gasteiger partial charge in [-0.1, -0.05) is 82.2 Å². The molecule has 0 aliphatic rings. The molecule has 158 valence electrons. The second kappa shape index (κ2) is 13.6. The monoisotopic (exact) mass is 398 g/mol. The maximum absolute atomic E-state index is 12.2. The van der Waals surface area contributed by atoms with Crippen LogP contribution in [0.2, 0.25) is 0 Å². The Labute approximate surface area is 175 Å². The Morgan fingerprint density at radius 1 is 0.828 bits per heavy atom. The van der Waals surface area contributed by atoms with Crippen LogP contribution in [0, 0.1) is 0 Å². The highest BCUT2D eigenvalue weighted by atomic mass is 16.5. The third-order valence-corrected chi connectivity index (χ3v) is 4.86. The molecule has 0 heterocycles. The van der Waals surface area contributed by atoms with Gasteiger partial charge in [-0.15, -0.1) is 0 Å². The first kappa shape index (κ1) is 22.8. The lowest BCUT2D eigenvalue weighted by Crippen LogP contribution is -2.07. The van der Waals surface area contributed by atoms with Gasteiger partial charge in [0, 0.05) is 0 Å². The zero-order valence-corrected chi connectivity index (χ0v) is 17.8. The first-order valence-corrected chi connectivity index (χ1v) is 10.8. The number of benzene rings is 2. The van der Waals surface area contributed by atoms with E-state index in [1.807, 2.05) is 36.4 Å². The molecule has 0 aliphatic heterocycles. The Morgan fingerprint density at radius 3 is 2.21 bits per heavy atom. The van der Waals surface area contributed by atoms with Gasteiger partial charge in [0.05, 0.1) is 13.7 Å². The topological polar surface area (TPSA) is 44.8 Å². The number of esters is 1. The van der Waals surface area contributed by atoms with Crippen LogP contribution in [-0.4, -0.2) is 19.7 Å². The highest BCUT2D eigenvalue weighted by Crippen LogP contribution is 2.26. The summed E-state index contributed by atoms with van der Waals surface area (Å²) in [6, 6.07) is 15.2. The normalized spacial score (nSPS) is 10.6. The molecule has 2 aromatic rings. The van der Waals surface area contributed by atoms with Crippen molar-refractivity contribution in [1.29, 1.82) is 0 Å². The highest BCUT2D eigenvalue weighted by Gasteiger charge is 2.15. The largest absolute Gasteiger partial charge is 0.494 e. The van der Waals surface area contributed by atoms with Crippen LogP contribution in [0.1, 0.15) is 74.2 Å². The van der Waals surface area contributed by atoms with Gasteiger partial charge in [-0.05, 0) is 30.2 Å². The summed E-state index contributed by atoms with van der Waals surface area (Å²) < 4.78 is 16.6. The fourth-order valence-corrected chi connectivity index (χ4v) is 3.16. The third-order valence-electron chi connectivity index (χ3n) is 4.86. The molecule has 2 aromatic carbocycles. The molecule has 0 saturated heterocycles. The minimum atomic E-state index is -0.425. The maximum Gasteiger partial charge on any atom is 0.341 e. The fraction of sp³-hybridized carbons (Fsp3) is 0.480. The molecule has 0 aliphatic carbocycles. The molecule has 0 N–H and O–H groups in total. The van der Waals surface area contributed by atoms with Crippen molar-refractivity contribution in [2.75, 3.05) is 13.7 Å². The van der Waals surface area contributed by atoms with Crippen LogP contribution < -0.4 is 9.47 Å². The number of ether oxygens (including phenoxy) is 3. The van der Waals surface area contributed by atoms with Crippen LogP contribution in [0.25, 0.3) is 0 Å². The van der Waals surface area contributed by atoms with Crippen LogP contribution in [-0.2, 0) is 11.3 Å². The molecule has 0 aromatic heterocycles. The average Bonchev–Trinajstić information content (AvgIpc) is 2.77. The summed E-state index contributed by atoms with van der Waals surface area (Å²) in [5, 5.41) is 0. The molecule has 0 radical (unpaired) electrons. The highest BCUT2D eigenvalue weighted by molar-refractivity contribution is 5.92. The molecule has 29 heavy (non-hydrogen) atoms. The SMILES string of the molecule is CCCCCCCCCCOc1ccc(OCc2ccccc2)c(C(=O)OC)c1. The Kier molecular flexibility index (Phi) is 10.7. The van der Waals surface area contributed by atoms with E-state index in [9.17, 15) is 4.79 Å². The molecule has 0 bridgehead atoms. The van der Waals surface area contributed by atoms with Gasteiger partial charge >= 0.3 is 5.97 Å². The van der Waals surface area contributed by atoms with Crippen molar-refractivity contribution in [3.63, 3.8) is 0 Å². The van der Waals surface area contributed by atoms with E-state index in [1.54, 1.807) is 12.1 Å².